The van der Waals surface area contributed by atoms with Gasteiger partial charge < -0.3 is 10.3 Å². The standard InChI is InChI=1S/C8H12N4S/c13-8-10-5-9-7(12-8)11-6-3-1-2-4-6/h5-6H,1-4H2,(H2,9,10,11,12,13). The Morgan fingerprint density at radius 1 is 1.38 bits per heavy atom. The number of anilines is 1. The summed E-state index contributed by atoms with van der Waals surface area (Å²) in [4.78, 5) is 10.8. The molecule has 1 aliphatic carbocycles. The van der Waals surface area contributed by atoms with Gasteiger partial charge in [0.1, 0.15) is 6.33 Å². The van der Waals surface area contributed by atoms with Crippen molar-refractivity contribution in [3.05, 3.63) is 11.1 Å². The summed E-state index contributed by atoms with van der Waals surface area (Å²) in [5.74, 6) is 0.743. The van der Waals surface area contributed by atoms with E-state index in [4.69, 9.17) is 12.2 Å². The van der Waals surface area contributed by atoms with Crippen LogP contribution in [-0.4, -0.2) is 21.0 Å². The van der Waals surface area contributed by atoms with E-state index >= 15 is 0 Å². The lowest BCUT2D eigenvalue weighted by molar-refractivity contribution is 0.741. The molecule has 2 N–H and O–H groups in total. The highest BCUT2D eigenvalue weighted by Crippen LogP contribution is 2.20. The van der Waals surface area contributed by atoms with Gasteiger partial charge in [-0.15, -0.1) is 0 Å². The molecule has 1 fully saturated rings. The van der Waals surface area contributed by atoms with Crippen LogP contribution in [0.2, 0.25) is 0 Å². The summed E-state index contributed by atoms with van der Waals surface area (Å²) in [6.45, 7) is 0. The monoisotopic (exact) mass is 196 g/mol. The van der Waals surface area contributed by atoms with E-state index in [0.717, 1.165) is 5.95 Å². The molecule has 1 heterocycles. The Labute approximate surface area is 81.8 Å². The fraction of sp³-hybridized carbons (Fsp3) is 0.625. The van der Waals surface area contributed by atoms with E-state index in [0.29, 0.717) is 10.8 Å². The molecule has 1 aliphatic rings. The second-order valence-electron chi connectivity index (χ2n) is 3.28. The number of nitrogens with zero attached hydrogens (tertiary/aromatic N) is 2. The van der Waals surface area contributed by atoms with E-state index < -0.39 is 0 Å². The predicted octanol–water partition coefficient (Wildman–Crippen LogP) is 1.89. The summed E-state index contributed by atoms with van der Waals surface area (Å²) in [5.41, 5.74) is 0. The molecular formula is C8H12N4S. The molecule has 0 aliphatic heterocycles. The summed E-state index contributed by atoms with van der Waals surface area (Å²) in [6, 6.07) is 0.556. The number of aromatic amines is 1. The lowest BCUT2D eigenvalue weighted by Crippen LogP contribution is -2.16. The highest BCUT2D eigenvalue weighted by molar-refractivity contribution is 7.71. The summed E-state index contributed by atoms with van der Waals surface area (Å²) in [5, 5.41) is 3.31. The van der Waals surface area contributed by atoms with Gasteiger partial charge >= 0.3 is 0 Å². The zero-order valence-corrected chi connectivity index (χ0v) is 8.10. The van der Waals surface area contributed by atoms with Crippen LogP contribution in [0, 0.1) is 4.77 Å². The molecule has 0 aromatic carbocycles. The van der Waals surface area contributed by atoms with Crippen LogP contribution in [0.1, 0.15) is 25.7 Å². The van der Waals surface area contributed by atoms with Gasteiger partial charge in [-0.3, -0.25) is 0 Å². The fourth-order valence-corrected chi connectivity index (χ4v) is 1.79. The molecule has 0 amide bonds. The average Bonchev–Trinajstić information content (AvgIpc) is 2.57. The number of nitrogens with one attached hydrogen (secondary N) is 2. The number of hydrogen-bond donors (Lipinski definition) is 2. The molecule has 4 nitrogen and oxygen atoms in total. The molecule has 1 aromatic rings. The van der Waals surface area contributed by atoms with Gasteiger partial charge in [0.05, 0.1) is 0 Å². The molecule has 5 heteroatoms. The minimum Gasteiger partial charge on any atom is -0.353 e. The lowest BCUT2D eigenvalue weighted by Gasteiger charge is -2.10. The summed E-state index contributed by atoms with van der Waals surface area (Å²) < 4.78 is 0.482. The van der Waals surface area contributed by atoms with Crippen molar-refractivity contribution in [1.29, 1.82) is 0 Å². The van der Waals surface area contributed by atoms with Gasteiger partial charge in [-0.05, 0) is 25.1 Å². The average molecular weight is 196 g/mol. The molecule has 0 saturated heterocycles. The van der Waals surface area contributed by atoms with Gasteiger partial charge in [0.15, 0.2) is 0 Å². The highest BCUT2D eigenvalue weighted by Gasteiger charge is 2.14. The molecular weight excluding hydrogens is 184 g/mol. The fourth-order valence-electron chi connectivity index (χ4n) is 1.64. The molecule has 2 rings (SSSR count). The minimum atomic E-state index is 0.482. The predicted molar refractivity (Wildman–Crippen MR) is 53.1 cm³/mol. The Bertz CT molecular complexity index is 329. The topological polar surface area (TPSA) is 53.6 Å². The van der Waals surface area contributed by atoms with E-state index in [2.05, 4.69) is 20.3 Å². The third-order valence-electron chi connectivity index (χ3n) is 2.28. The van der Waals surface area contributed by atoms with E-state index in [1.165, 1.54) is 32.0 Å². The molecule has 0 unspecified atom stereocenters. The molecule has 13 heavy (non-hydrogen) atoms. The van der Waals surface area contributed by atoms with Crippen LogP contribution >= 0.6 is 12.2 Å². The van der Waals surface area contributed by atoms with Crippen molar-refractivity contribution in [1.82, 2.24) is 15.0 Å². The summed E-state index contributed by atoms with van der Waals surface area (Å²) in [7, 11) is 0. The van der Waals surface area contributed by atoms with Gasteiger partial charge in [0.2, 0.25) is 10.7 Å². The van der Waals surface area contributed by atoms with Crippen LogP contribution in [0.4, 0.5) is 5.95 Å². The first-order valence-corrected chi connectivity index (χ1v) is 4.93. The normalized spacial score (nSPS) is 17.5. The second-order valence-corrected chi connectivity index (χ2v) is 3.66. The van der Waals surface area contributed by atoms with Crippen LogP contribution in [-0.2, 0) is 0 Å². The zero-order chi connectivity index (χ0) is 9.10. The summed E-state index contributed by atoms with van der Waals surface area (Å²) >= 11 is 4.89. The molecule has 1 saturated carbocycles. The highest BCUT2D eigenvalue weighted by atomic mass is 32.1. The maximum absolute atomic E-state index is 4.89. The molecule has 0 bridgehead atoms. The quantitative estimate of drug-likeness (QED) is 0.709. The number of H-pyrrole nitrogens is 1. The third-order valence-corrected chi connectivity index (χ3v) is 2.49. The number of hydrogen-bond acceptors (Lipinski definition) is 4. The number of aromatic nitrogens is 3. The molecule has 1 aromatic heterocycles. The van der Waals surface area contributed by atoms with Crippen molar-refractivity contribution in [3.8, 4) is 0 Å². The number of rotatable bonds is 2. The van der Waals surface area contributed by atoms with Gasteiger partial charge in [-0.1, -0.05) is 12.8 Å². The minimum absolute atomic E-state index is 0.482. The van der Waals surface area contributed by atoms with E-state index in [1.807, 2.05) is 0 Å². The Balaban J connectivity index is 2.04. The van der Waals surface area contributed by atoms with Crippen molar-refractivity contribution in [2.24, 2.45) is 0 Å². The first-order chi connectivity index (χ1) is 6.34. The molecule has 0 spiro atoms. The van der Waals surface area contributed by atoms with Crippen LogP contribution in [0.25, 0.3) is 0 Å². The second kappa shape index (κ2) is 3.83. The lowest BCUT2D eigenvalue weighted by atomic mass is 10.3. The third kappa shape index (κ3) is 2.24. The SMILES string of the molecule is S=c1ncnc(NC2CCCC2)[nH]1. The smallest absolute Gasteiger partial charge is 0.204 e. The van der Waals surface area contributed by atoms with Crippen molar-refractivity contribution in [2.45, 2.75) is 31.7 Å². The zero-order valence-electron chi connectivity index (χ0n) is 7.29. The van der Waals surface area contributed by atoms with E-state index in [-0.39, 0.29) is 0 Å². The van der Waals surface area contributed by atoms with Gasteiger partial charge in [-0.25, -0.2) is 9.97 Å². The van der Waals surface area contributed by atoms with Crippen LogP contribution in [0.3, 0.4) is 0 Å². The first kappa shape index (κ1) is 8.62. The van der Waals surface area contributed by atoms with E-state index in [1.54, 1.807) is 0 Å². The maximum atomic E-state index is 4.89. The van der Waals surface area contributed by atoms with Gasteiger partial charge in [0.25, 0.3) is 0 Å². The van der Waals surface area contributed by atoms with Gasteiger partial charge in [-0.2, -0.15) is 0 Å². The van der Waals surface area contributed by atoms with Gasteiger partial charge in [0, 0.05) is 6.04 Å². The van der Waals surface area contributed by atoms with Crippen molar-refractivity contribution < 1.29 is 0 Å². The van der Waals surface area contributed by atoms with Crippen LogP contribution in [0.5, 0.6) is 0 Å². The molecule has 0 radical (unpaired) electrons. The Morgan fingerprint density at radius 2 is 2.15 bits per heavy atom. The Kier molecular flexibility index (Phi) is 2.54. The van der Waals surface area contributed by atoms with Crippen molar-refractivity contribution >= 4 is 18.2 Å². The van der Waals surface area contributed by atoms with Crippen molar-refractivity contribution in [3.63, 3.8) is 0 Å². The van der Waals surface area contributed by atoms with E-state index in [9.17, 15) is 0 Å². The maximum Gasteiger partial charge on any atom is 0.204 e. The van der Waals surface area contributed by atoms with Crippen LogP contribution in [0.15, 0.2) is 6.33 Å². The van der Waals surface area contributed by atoms with Crippen LogP contribution < -0.4 is 5.32 Å². The van der Waals surface area contributed by atoms with Crippen molar-refractivity contribution in [2.75, 3.05) is 5.32 Å². The largest absolute Gasteiger partial charge is 0.353 e. The Morgan fingerprint density at radius 3 is 2.85 bits per heavy atom. The Hall–Kier alpha value is -0.970. The molecule has 0 atom stereocenters. The first-order valence-electron chi connectivity index (χ1n) is 4.52. The molecule has 70 valence electrons. The summed E-state index contributed by atoms with van der Waals surface area (Å²) in [6.07, 6.45) is 6.55.